The SMILES string of the molecule is CCC(N)C(c1ccc(C)cc1)N(C)Cc1ccncc1. The van der Waals surface area contributed by atoms with Crippen molar-refractivity contribution in [3.05, 3.63) is 65.5 Å². The smallest absolute Gasteiger partial charge is 0.0499 e. The molecule has 1 aromatic heterocycles. The molecule has 0 fully saturated rings. The average Bonchev–Trinajstić information content (AvgIpc) is 2.50. The van der Waals surface area contributed by atoms with Crippen molar-refractivity contribution in [1.82, 2.24) is 9.88 Å². The van der Waals surface area contributed by atoms with E-state index in [1.807, 2.05) is 12.4 Å². The normalized spacial score (nSPS) is 14.1. The summed E-state index contributed by atoms with van der Waals surface area (Å²) in [5.41, 5.74) is 10.2. The highest BCUT2D eigenvalue weighted by Crippen LogP contribution is 2.25. The van der Waals surface area contributed by atoms with Gasteiger partial charge in [-0.1, -0.05) is 36.8 Å². The zero-order valence-corrected chi connectivity index (χ0v) is 13.2. The summed E-state index contributed by atoms with van der Waals surface area (Å²) in [7, 11) is 2.14. The Morgan fingerprint density at radius 3 is 2.29 bits per heavy atom. The lowest BCUT2D eigenvalue weighted by Crippen LogP contribution is -2.38. The van der Waals surface area contributed by atoms with E-state index >= 15 is 0 Å². The zero-order valence-electron chi connectivity index (χ0n) is 13.2. The Morgan fingerprint density at radius 2 is 1.71 bits per heavy atom. The van der Waals surface area contributed by atoms with Crippen molar-refractivity contribution in [3.8, 4) is 0 Å². The van der Waals surface area contributed by atoms with Gasteiger partial charge in [0, 0.05) is 31.0 Å². The van der Waals surface area contributed by atoms with E-state index in [0.717, 1.165) is 13.0 Å². The zero-order chi connectivity index (χ0) is 15.2. The van der Waals surface area contributed by atoms with Crippen molar-refractivity contribution >= 4 is 0 Å². The Balaban J connectivity index is 2.21. The molecular formula is C18H25N3. The second-order valence-electron chi connectivity index (χ2n) is 5.70. The van der Waals surface area contributed by atoms with Gasteiger partial charge in [-0.05, 0) is 43.7 Å². The van der Waals surface area contributed by atoms with Gasteiger partial charge in [-0.25, -0.2) is 0 Å². The minimum atomic E-state index is 0.125. The van der Waals surface area contributed by atoms with Crippen LogP contribution >= 0.6 is 0 Å². The Labute approximate surface area is 127 Å². The van der Waals surface area contributed by atoms with Crippen LogP contribution in [-0.2, 0) is 6.54 Å². The fourth-order valence-corrected chi connectivity index (χ4v) is 2.69. The van der Waals surface area contributed by atoms with E-state index in [-0.39, 0.29) is 12.1 Å². The largest absolute Gasteiger partial charge is 0.326 e. The molecule has 0 saturated heterocycles. The van der Waals surface area contributed by atoms with E-state index < -0.39 is 0 Å². The summed E-state index contributed by atoms with van der Waals surface area (Å²) < 4.78 is 0. The molecule has 0 bridgehead atoms. The molecule has 1 heterocycles. The van der Waals surface area contributed by atoms with Crippen LogP contribution in [0.25, 0.3) is 0 Å². The van der Waals surface area contributed by atoms with Crippen LogP contribution in [0.15, 0.2) is 48.8 Å². The minimum absolute atomic E-state index is 0.125. The quantitative estimate of drug-likeness (QED) is 0.884. The number of aromatic nitrogens is 1. The maximum Gasteiger partial charge on any atom is 0.0499 e. The molecule has 0 aliphatic carbocycles. The number of benzene rings is 1. The van der Waals surface area contributed by atoms with Crippen LogP contribution in [0.1, 0.15) is 36.1 Å². The number of hydrogen-bond donors (Lipinski definition) is 1. The Hall–Kier alpha value is -1.71. The molecule has 0 amide bonds. The van der Waals surface area contributed by atoms with Crippen molar-refractivity contribution in [3.63, 3.8) is 0 Å². The summed E-state index contributed by atoms with van der Waals surface area (Å²) in [4.78, 5) is 6.40. The Kier molecular flexibility index (Phi) is 5.48. The monoisotopic (exact) mass is 283 g/mol. The van der Waals surface area contributed by atoms with Crippen LogP contribution in [0, 0.1) is 6.92 Å². The first-order valence-electron chi connectivity index (χ1n) is 7.53. The number of aryl methyl sites for hydroxylation is 1. The topological polar surface area (TPSA) is 42.1 Å². The maximum absolute atomic E-state index is 6.39. The fraction of sp³-hybridized carbons (Fsp3) is 0.389. The van der Waals surface area contributed by atoms with E-state index in [9.17, 15) is 0 Å². The van der Waals surface area contributed by atoms with Crippen molar-refractivity contribution in [2.75, 3.05) is 7.05 Å². The molecule has 0 aliphatic rings. The average molecular weight is 283 g/mol. The number of hydrogen-bond acceptors (Lipinski definition) is 3. The molecule has 0 radical (unpaired) electrons. The van der Waals surface area contributed by atoms with Gasteiger partial charge in [0.1, 0.15) is 0 Å². The molecule has 0 saturated carbocycles. The first-order valence-corrected chi connectivity index (χ1v) is 7.53. The molecule has 2 aromatic rings. The lowest BCUT2D eigenvalue weighted by Gasteiger charge is -2.33. The summed E-state index contributed by atoms with van der Waals surface area (Å²) in [5.74, 6) is 0. The highest BCUT2D eigenvalue weighted by Gasteiger charge is 2.23. The molecule has 2 unspecified atom stereocenters. The molecule has 21 heavy (non-hydrogen) atoms. The first-order chi connectivity index (χ1) is 10.1. The third kappa shape index (κ3) is 4.13. The summed E-state index contributed by atoms with van der Waals surface area (Å²) in [6.07, 6.45) is 4.63. The molecular weight excluding hydrogens is 258 g/mol. The standard InChI is InChI=1S/C18H25N3/c1-4-17(19)18(16-7-5-14(2)6-8-16)21(3)13-15-9-11-20-12-10-15/h5-12,17-18H,4,13,19H2,1-3H3. The summed E-state index contributed by atoms with van der Waals surface area (Å²) in [6, 6.07) is 13.2. The van der Waals surface area contributed by atoms with Gasteiger partial charge < -0.3 is 5.73 Å². The van der Waals surface area contributed by atoms with Gasteiger partial charge in [-0.15, -0.1) is 0 Å². The highest BCUT2D eigenvalue weighted by atomic mass is 15.1. The van der Waals surface area contributed by atoms with Crippen LogP contribution in [0.5, 0.6) is 0 Å². The molecule has 0 aliphatic heterocycles. The van der Waals surface area contributed by atoms with Crippen LogP contribution < -0.4 is 5.73 Å². The van der Waals surface area contributed by atoms with Crippen molar-refractivity contribution in [2.45, 2.75) is 38.9 Å². The molecule has 3 nitrogen and oxygen atoms in total. The van der Waals surface area contributed by atoms with Crippen LogP contribution in [0.4, 0.5) is 0 Å². The second-order valence-corrected chi connectivity index (χ2v) is 5.70. The molecule has 112 valence electrons. The number of likely N-dealkylation sites (N-methyl/N-ethyl adjacent to an activating group) is 1. The van der Waals surface area contributed by atoms with E-state index in [4.69, 9.17) is 5.73 Å². The fourth-order valence-electron chi connectivity index (χ4n) is 2.69. The third-order valence-corrected chi connectivity index (χ3v) is 3.95. The van der Waals surface area contributed by atoms with Crippen LogP contribution in [-0.4, -0.2) is 23.0 Å². The maximum atomic E-state index is 6.39. The lowest BCUT2D eigenvalue weighted by molar-refractivity contribution is 0.201. The molecule has 3 heteroatoms. The molecule has 1 aromatic carbocycles. The lowest BCUT2D eigenvalue weighted by atomic mass is 9.95. The van der Waals surface area contributed by atoms with Gasteiger partial charge in [-0.2, -0.15) is 0 Å². The summed E-state index contributed by atoms with van der Waals surface area (Å²) in [6.45, 7) is 5.13. The number of rotatable bonds is 6. The van der Waals surface area contributed by atoms with Gasteiger partial charge in [-0.3, -0.25) is 9.88 Å². The Bertz CT molecular complexity index is 536. The van der Waals surface area contributed by atoms with E-state index in [0.29, 0.717) is 0 Å². The van der Waals surface area contributed by atoms with E-state index in [1.54, 1.807) is 0 Å². The van der Waals surface area contributed by atoms with Gasteiger partial charge in [0.2, 0.25) is 0 Å². The minimum Gasteiger partial charge on any atom is -0.326 e. The number of nitrogens with zero attached hydrogens (tertiary/aromatic N) is 2. The summed E-state index contributed by atoms with van der Waals surface area (Å²) >= 11 is 0. The molecule has 2 atom stereocenters. The third-order valence-electron chi connectivity index (χ3n) is 3.95. The number of nitrogens with two attached hydrogens (primary N) is 1. The predicted molar refractivity (Wildman–Crippen MR) is 87.9 cm³/mol. The van der Waals surface area contributed by atoms with Gasteiger partial charge in [0.25, 0.3) is 0 Å². The second kappa shape index (κ2) is 7.34. The van der Waals surface area contributed by atoms with Crippen LogP contribution in [0.2, 0.25) is 0 Å². The predicted octanol–water partition coefficient (Wildman–Crippen LogP) is 3.30. The van der Waals surface area contributed by atoms with Crippen LogP contribution in [0.3, 0.4) is 0 Å². The van der Waals surface area contributed by atoms with Gasteiger partial charge in [0.05, 0.1) is 0 Å². The van der Waals surface area contributed by atoms with E-state index in [1.165, 1.54) is 16.7 Å². The van der Waals surface area contributed by atoms with Crippen molar-refractivity contribution in [2.24, 2.45) is 5.73 Å². The summed E-state index contributed by atoms with van der Waals surface area (Å²) in [5, 5.41) is 0. The van der Waals surface area contributed by atoms with Gasteiger partial charge >= 0.3 is 0 Å². The molecule has 2 N–H and O–H groups in total. The first kappa shape index (κ1) is 15.7. The van der Waals surface area contributed by atoms with Crippen molar-refractivity contribution < 1.29 is 0 Å². The van der Waals surface area contributed by atoms with E-state index in [2.05, 4.69) is 67.2 Å². The Morgan fingerprint density at radius 1 is 1.10 bits per heavy atom. The van der Waals surface area contributed by atoms with Gasteiger partial charge in [0.15, 0.2) is 0 Å². The molecule has 0 spiro atoms. The highest BCUT2D eigenvalue weighted by molar-refractivity contribution is 5.25. The number of pyridine rings is 1. The molecule has 2 rings (SSSR count). The van der Waals surface area contributed by atoms with Crippen molar-refractivity contribution in [1.29, 1.82) is 0 Å².